The molecule has 0 amide bonds. The van der Waals surface area contributed by atoms with Gasteiger partial charge in [-0.25, -0.2) is 4.39 Å². The van der Waals surface area contributed by atoms with Crippen molar-refractivity contribution in [3.8, 4) is 5.75 Å². The molecule has 5 rings (SSSR count). The molecular weight excluding hydrogens is 265 g/mol. The normalized spacial score (nSPS) is 39.9. The zero-order valence-corrected chi connectivity index (χ0v) is 12.4. The van der Waals surface area contributed by atoms with E-state index >= 15 is 0 Å². The minimum atomic E-state index is -0.193. The maximum atomic E-state index is 14.3. The minimum absolute atomic E-state index is 0.00148. The van der Waals surface area contributed by atoms with Gasteiger partial charge in [-0.05, 0) is 62.4 Å². The van der Waals surface area contributed by atoms with E-state index in [1.807, 2.05) is 6.07 Å². The monoisotopic (exact) mass is 285 g/mol. The van der Waals surface area contributed by atoms with Crippen LogP contribution in [0.2, 0.25) is 0 Å². The maximum absolute atomic E-state index is 14.3. The minimum Gasteiger partial charge on any atom is -0.482 e. The van der Waals surface area contributed by atoms with Gasteiger partial charge in [0, 0.05) is 17.0 Å². The van der Waals surface area contributed by atoms with Crippen LogP contribution in [0.15, 0.2) is 24.3 Å². The molecule has 2 aliphatic heterocycles. The van der Waals surface area contributed by atoms with E-state index in [2.05, 4.69) is 18.5 Å². The van der Waals surface area contributed by atoms with Gasteiger partial charge in [0.1, 0.15) is 6.10 Å². The van der Waals surface area contributed by atoms with E-state index in [0.717, 1.165) is 31.4 Å². The smallest absolute Gasteiger partial charge is 0.165 e. The molecule has 0 aromatic heterocycles. The fourth-order valence-corrected chi connectivity index (χ4v) is 5.64. The lowest BCUT2D eigenvalue weighted by Gasteiger charge is -2.58. The average molecular weight is 285 g/mol. The molecule has 2 fully saturated rings. The highest BCUT2D eigenvalue weighted by molar-refractivity contribution is 5.57. The van der Waals surface area contributed by atoms with Crippen LogP contribution in [0.1, 0.15) is 30.4 Å². The van der Waals surface area contributed by atoms with Crippen LogP contribution in [0, 0.1) is 11.7 Å². The number of nitrogens with zero attached hydrogens (tertiary/aromatic N) is 1. The fraction of sp³-hybridized carbons (Fsp3) is 0.556. The van der Waals surface area contributed by atoms with Crippen molar-refractivity contribution in [1.29, 1.82) is 0 Å². The van der Waals surface area contributed by atoms with Crippen molar-refractivity contribution >= 4 is 0 Å². The Bertz CT molecular complexity index is 669. The molecule has 0 N–H and O–H groups in total. The molecule has 0 radical (unpaired) electrons. The first-order valence-electron chi connectivity index (χ1n) is 7.99. The first-order chi connectivity index (χ1) is 10.1. The third-order valence-corrected chi connectivity index (χ3v) is 6.51. The van der Waals surface area contributed by atoms with Crippen LogP contribution < -0.4 is 4.74 Å². The molecule has 2 bridgehead atoms. The first-order valence-corrected chi connectivity index (χ1v) is 7.99. The lowest BCUT2D eigenvalue weighted by molar-refractivity contribution is -0.0215. The van der Waals surface area contributed by atoms with Crippen LogP contribution in [-0.2, 0) is 11.8 Å². The van der Waals surface area contributed by atoms with Gasteiger partial charge in [0.2, 0.25) is 0 Å². The van der Waals surface area contributed by atoms with Crippen LogP contribution in [0.3, 0.4) is 0 Å². The zero-order chi connectivity index (χ0) is 14.4. The largest absolute Gasteiger partial charge is 0.482 e. The molecule has 1 saturated heterocycles. The molecule has 1 spiro atoms. The van der Waals surface area contributed by atoms with E-state index in [1.54, 1.807) is 6.07 Å². The molecule has 1 aromatic carbocycles. The van der Waals surface area contributed by atoms with E-state index in [9.17, 15) is 4.39 Å². The summed E-state index contributed by atoms with van der Waals surface area (Å²) >= 11 is 0. The quantitative estimate of drug-likeness (QED) is 0.679. The van der Waals surface area contributed by atoms with Crippen LogP contribution in [0.5, 0.6) is 5.75 Å². The molecule has 110 valence electrons. The SMILES string of the molecule is C=C1CCC2C3Cc4ccc(F)c5c4[C@@]2(CCN3C)[C@H]1O5. The highest BCUT2D eigenvalue weighted by Crippen LogP contribution is 2.63. The van der Waals surface area contributed by atoms with Crippen LogP contribution in [0.4, 0.5) is 4.39 Å². The van der Waals surface area contributed by atoms with E-state index in [1.165, 1.54) is 17.5 Å². The Labute approximate surface area is 124 Å². The topological polar surface area (TPSA) is 12.5 Å². The van der Waals surface area contributed by atoms with Gasteiger partial charge < -0.3 is 9.64 Å². The van der Waals surface area contributed by atoms with Crippen LogP contribution in [-0.4, -0.2) is 30.6 Å². The Balaban J connectivity index is 1.83. The van der Waals surface area contributed by atoms with Crippen molar-refractivity contribution in [2.45, 2.75) is 43.2 Å². The predicted molar refractivity (Wildman–Crippen MR) is 79.1 cm³/mol. The summed E-state index contributed by atoms with van der Waals surface area (Å²) < 4.78 is 20.5. The standard InChI is InChI=1S/C18H20FNO/c1-10-3-5-12-14-9-11-4-6-13(19)16-15(11)18(12,17(10)21-16)7-8-20(14)2/h4,6,12,14,17H,1,3,5,7-9H2,2H3/t12?,14?,17-,18-/m0/s1. The summed E-state index contributed by atoms with van der Waals surface area (Å²) in [6.45, 7) is 5.33. The molecule has 4 aliphatic rings. The predicted octanol–water partition coefficient (Wildman–Crippen LogP) is 3.05. The molecule has 1 aromatic rings. The second-order valence-corrected chi connectivity index (χ2v) is 7.25. The zero-order valence-electron chi connectivity index (χ0n) is 12.4. The van der Waals surface area contributed by atoms with Gasteiger partial charge in [-0.1, -0.05) is 12.6 Å². The van der Waals surface area contributed by atoms with Crippen molar-refractivity contribution < 1.29 is 9.13 Å². The number of piperidine rings is 1. The molecule has 2 nitrogen and oxygen atoms in total. The second kappa shape index (κ2) is 3.70. The average Bonchev–Trinajstić information content (AvgIpc) is 2.83. The Kier molecular flexibility index (Phi) is 2.15. The van der Waals surface area contributed by atoms with Gasteiger partial charge in [0.15, 0.2) is 11.6 Å². The summed E-state index contributed by atoms with van der Waals surface area (Å²) in [6, 6.07) is 4.14. The third kappa shape index (κ3) is 1.24. The Morgan fingerprint density at radius 3 is 3.14 bits per heavy atom. The van der Waals surface area contributed by atoms with Gasteiger partial charge in [0.25, 0.3) is 0 Å². The number of ether oxygens (including phenoxy) is 1. The first kappa shape index (κ1) is 12.2. The Morgan fingerprint density at radius 1 is 1.43 bits per heavy atom. The Morgan fingerprint density at radius 2 is 2.29 bits per heavy atom. The van der Waals surface area contributed by atoms with Crippen molar-refractivity contribution in [2.75, 3.05) is 13.6 Å². The fourth-order valence-electron chi connectivity index (χ4n) is 5.64. The number of likely N-dealkylation sites (tertiary alicyclic amines) is 1. The van der Waals surface area contributed by atoms with Gasteiger partial charge in [-0.15, -0.1) is 0 Å². The van der Waals surface area contributed by atoms with Gasteiger partial charge in [-0.3, -0.25) is 0 Å². The van der Waals surface area contributed by atoms with Gasteiger partial charge >= 0.3 is 0 Å². The summed E-state index contributed by atoms with van der Waals surface area (Å²) in [7, 11) is 2.24. The van der Waals surface area contributed by atoms with Gasteiger partial charge in [-0.2, -0.15) is 0 Å². The highest BCUT2D eigenvalue weighted by Gasteiger charge is 2.63. The third-order valence-electron chi connectivity index (χ3n) is 6.51. The number of likely N-dealkylation sites (N-methyl/N-ethyl adjacent to an activating group) is 1. The Hall–Kier alpha value is -1.35. The summed E-state index contributed by atoms with van der Waals surface area (Å²) in [4.78, 5) is 2.51. The number of hydrogen-bond acceptors (Lipinski definition) is 2. The maximum Gasteiger partial charge on any atom is 0.165 e. The second-order valence-electron chi connectivity index (χ2n) is 7.25. The van der Waals surface area contributed by atoms with Crippen molar-refractivity contribution in [2.24, 2.45) is 5.92 Å². The van der Waals surface area contributed by atoms with Crippen molar-refractivity contribution in [3.05, 3.63) is 41.2 Å². The molecule has 4 atom stereocenters. The lowest BCUT2D eigenvalue weighted by atomic mass is 9.51. The summed E-state index contributed by atoms with van der Waals surface area (Å²) in [6.07, 6.45) is 4.29. The summed E-state index contributed by atoms with van der Waals surface area (Å²) in [5.74, 6) is 0.928. The van der Waals surface area contributed by atoms with E-state index in [4.69, 9.17) is 4.74 Å². The van der Waals surface area contributed by atoms with E-state index in [-0.39, 0.29) is 17.3 Å². The van der Waals surface area contributed by atoms with Crippen LogP contribution >= 0.6 is 0 Å². The molecule has 2 heterocycles. The summed E-state index contributed by atoms with van der Waals surface area (Å²) in [5, 5.41) is 0. The van der Waals surface area contributed by atoms with Crippen molar-refractivity contribution in [3.63, 3.8) is 0 Å². The number of rotatable bonds is 0. The molecule has 21 heavy (non-hydrogen) atoms. The number of benzene rings is 1. The van der Waals surface area contributed by atoms with E-state index in [0.29, 0.717) is 17.7 Å². The summed E-state index contributed by atoms with van der Waals surface area (Å²) in [5.41, 5.74) is 3.66. The molecule has 2 aliphatic carbocycles. The number of halogens is 1. The lowest BCUT2D eigenvalue weighted by Crippen LogP contribution is -2.63. The van der Waals surface area contributed by atoms with Crippen molar-refractivity contribution in [1.82, 2.24) is 4.90 Å². The highest BCUT2D eigenvalue weighted by atomic mass is 19.1. The molecular formula is C18H20FNO. The molecule has 1 saturated carbocycles. The molecule has 2 unspecified atom stereocenters. The van der Waals surface area contributed by atoms with E-state index < -0.39 is 0 Å². The van der Waals surface area contributed by atoms with Crippen LogP contribution in [0.25, 0.3) is 0 Å². The van der Waals surface area contributed by atoms with Gasteiger partial charge in [0.05, 0.1) is 0 Å². The molecule has 3 heteroatoms. The number of hydrogen-bond donors (Lipinski definition) is 0.